The van der Waals surface area contributed by atoms with Crippen LogP contribution in [-0.4, -0.2) is 29.9 Å². The van der Waals surface area contributed by atoms with Gasteiger partial charge in [0.25, 0.3) is 0 Å². The van der Waals surface area contributed by atoms with Crippen molar-refractivity contribution in [2.24, 2.45) is 0 Å². The summed E-state index contributed by atoms with van der Waals surface area (Å²) in [5.74, 6) is 2.29. The van der Waals surface area contributed by atoms with Crippen LogP contribution >= 0.6 is 7.44 Å². The summed E-state index contributed by atoms with van der Waals surface area (Å²) in [6.45, 7) is 0. The fourth-order valence-electron chi connectivity index (χ4n) is 6.30. The Hall–Kier alpha value is -6.83. The van der Waals surface area contributed by atoms with E-state index in [9.17, 15) is 0 Å². The maximum atomic E-state index is 16.6. The van der Waals surface area contributed by atoms with Gasteiger partial charge in [0.05, 0.1) is 16.7 Å². The number of anilines is 4. The van der Waals surface area contributed by atoms with Crippen LogP contribution in [0.5, 0.6) is 0 Å². The molecule has 2 aromatic heterocycles. The predicted molar refractivity (Wildman–Crippen MR) is 206 cm³/mol. The van der Waals surface area contributed by atoms with Crippen molar-refractivity contribution in [3.8, 4) is 45.6 Å². The van der Waals surface area contributed by atoms with E-state index in [-0.39, 0.29) is 11.9 Å². The maximum Gasteiger partial charge on any atom is 0.306 e. The van der Waals surface area contributed by atoms with Crippen molar-refractivity contribution in [3.05, 3.63) is 176 Å². The van der Waals surface area contributed by atoms with Crippen LogP contribution in [0.15, 0.2) is 176 Å². The average molecular weight is 693 g/mol. The third kappa shape index (κ3) is 5.50. The molecule has 52 heavy (non-hydrogen) atoms. The first-order valence-corrected chi connectivity index (χ1v) is 18.4. The van der Waals surface area contributed by atoms with E-state index in [0.717, 1.165) is 22.3 Å². The van der Waals surface area contributed by atoms with Crippen molar-refractivity contribution < 1.29 is 4.57 Å². The van der Waals surface area contributed by atoms with Crippen LogP contribution in [0.25, 0.3) is 45.6 Å². The number of para-hydroxylation sites is 2. The fraction of sp³-hybridized carbons (Fsp3) is 0. The molecule has 3 heterocycles. The predicted octanol–water partition coefficient (Wildman–Crippen LogP) is 9.53. The summed E-state index contributed by atoms with van der Waals surface area (Å²) in [6, 6.07) is 56.0. The van der Waals surface area contributed by atoms with Gasteiger partial charge in [0.2, 0.25) is 11.9 Å². The highest BCUT2D eigenvalue weighted by Crippen LogP contribution is 2.69. The molecule has 0 atom stereocenters. The molecule has 6 aromatic carbocycles. The van der Waals surface area contributed by atoms with Crippen molar-refractivity contribution in [1.29, 1.82) is 0 Å². The zero-order valence-electron chi connectivity index (χ0n) is 27.7. The van der Waals surface area contributed by atoms with Gasteiger partial charge < -0.3 is 0 Å². The lowest BCUT2D eigenvalue weighted by molar-refractivity contribution is 0.581. The molecule has 0 fully saturated rings. The van der Waals surface area contributed by atoms with E-state index < -0.39 is 7.44 Å². The Kier molecular flexibility index (Phi) is 7.87. The molecule has 0 bridgehead atoms. The van der Waals surface area contributed by atoms with Crippen LogP contribution < -0.4 is 14.6 Å². The van der Waals surface area contributed by atoms with E-state index in [1.54, 1.807) is 9.34 Å². The maximum absolute atomic E-state index is 16.6. The van der Waals surface area contributed by atoms with Gasteiger partial charge in [0.1, 0.15) is 0 Å². The normalized spacial score (nSPS) is 13.2. The average Bonchev–Trinajstić information content (AvgIpc) is 3.51. The minimum atomic E-state index is -3.95. The zero-order valence-corrected chi connectivity index (χ0v) is 28.6. The molecule has 8 aromatic rings. The molecule has 0 spiro atoms. The number of hydrogen-bond acceptors (Lipinski definition) is 7. The molecule has 1 aliphatic rings. The molecule has 0 saturated carbocycles. The van der Waals surface area contributed by atoms with Gasteiger partial charge in [-0.15, -0.1) is 0 Å². The lowest BCUT2D eigenvalue weighted by atomic mass is 10.2. The highest BCUT2D eigenvalue weighted by Gasteiger charge is 2.51. The Bertz CT molecular complexity index is 2290. The highest BCUT2D eigenvalue weighted by molar-refractivity contribution is 7.76. The van der Waals surface area contributed by atoms with Crippen LogP contribution in [0.1, 0.15) is 0 Å². The smallest absolute Gasteiger partial charge is 0.269 e. The third-order valence-electron chi connectivity index (χ3n) is 8.73. The largest absolute Gasteiger partial charge is 0.306 e. The van der Waals surface area contributed by atoms with Gasteiger partial charge in [0.15, 0.2) is 23.3 Å². The standard InChI is InChI=1S/C42H29N8OP/c51-52(34-26-14-5-15-27-34)49(41-45-37(30-18-6-1-7-19-30)43-38(46-41)31-20-8-2-9-21-31)35-28-16-17-29-36(35)50(52)42-47-39(32-22-10-3-11-23-32)44-40(48-42)33-24-12-4-13-25-33/h1-29H. The summed E-state index contributed by atoms with van der Waals surface area (Å²) >= 11 is 0. The minimum Gasteiger partial charge on any atom is -0.269 e. The summed E-state index contributed by atoms with van der Waals surface area (Å²) in [7, 11) is -3.95. The van der Waals surface area contributed by atoms with Crippen LogP contribution in [0.3, 0.4) is 0 Å². The highest BCUT2D eigenvalue weighted by atomic mass is 31.2. The second-order valence-electron chi connectivity index (χ2n) is 12.0. The summed E-state index contributed by atoms with van der Waals surface area (Å²) in [6.07, 6.45) is 0. The molecule has 0 unspecified atom stereocenters. The van der Waals surface area contributed by atoms with Crippen molar-refractivity contribution >= 4 is 36.0 Å². The Labute approximate surface area is 300 Å². The van der Waals surface area contributed by atoms with Crippen LogP contribution in [0, 0.1) is 0 Å². The fourth-order valence-corrected chi connectivity index (χ4v) is 9.09. The molecule has 0 aliphatic carbocycles. The van der Waals surface area contributed by atoms with E-state index in [1.807, 2.05) is 176 Å². The summed E-state index contributed by atoms with van der Waals surface area (Å²) in [5, 5.41) is 0.553. The molecule has 0 N–H and O–H groups in total. The van der Waals surface area contributed by atoms with Crippen LogP contribution in [-0.2, 0) is 4.57 Å². The monoisotopic (exact) mass is 692 g/mol. The summed E-state index contributed by atoms with van der Waals surface area (Å²) in [5.41, 5.74) is 4.50. The van der Waals surface area contributed by atoms with Crippen LogP contribution in [0.2, 0.25) is 0 Å². The van der Waals surface area contributed by atoms with Gasteiger partial charge in [-0.05, 0) is 24.3 Å². The van der Waals surface area contributed by atoms with E-state index in [1.165, 1.54) is 0 Å². The van der Waals surface area contributed by atoms with E-state index in [0.29, 0.717) is 40.0 Å². The lowest BCUT2D eigenvalue weighted by Crippen LogP contribution is -2.29. The Morgan fingerprint density at radius 1 is 0.327 bits per heavy atom. The summed E-state index contributed by atoms with van der Waals surface area (Å²) in [4.78, 5) is 30.0. The van der Waals surface area contributed by atoms with Gasteiger partial charge in [-0.25, -0.2) is 19.3 Å². The van der Waals surface area contributed by atoms with Gasteiger partial charge in [-0.1, -0.05) is 152 Å². The number of rotatable bonds is 7. The first-order valence-electron chi connectivity index (χ1n) is 16.8. The molecule has 0 saturated heterocycles. The van der Waals surface area contributed by atoms with Crippen molar-refractivity contribution in [2.45, 2.75) is 0 Å². The molecule has 9 nitrogen and oxygen atoms in total. The van der Waals surface area contributed by atoms with Gasteiger partial charge in [0, 0.05) is 22.3 Å². The molecule has 9 rings (SSSR count). The first-order chi connectivity index (χ1) is 25.7. The lowest BCUT2D eigenvalue weighted by Gasteiger charge is -2.31. The van der Waals surface area contributed by atoms with Crippen molar-refractivity contribution in [2.75, 3.05) is 9.34 Å². The zero-order chi connectivity index (χ0) is 34.9. The Morgan fingerprint density at radius 3 is 0.904 bits per heavy atom. The number of benzene rings is 6. The number of nitrogens with zero attached hydrogens (tertiary/aromatic N) is 8. The van der Waals surface area contributed by atoms with E-state index in [2.05, 4.69) is 0 Å². The Balaban J connectivity index is 1.33. The van der Waals surface area contributed by atoms with Gasteiger partial charge in [-0.3, -0.25) is 4.57 Å². The number of hydrogen-bond donors (Lipinski definition) is 0. The molecule has 10 heteroatoms. The minimum absolute atomic E-state index is 0.232. The SMILES string of the molecule is O=P1(c2ccccc2)N(c2nc(-c3ccccc3)nc(-c3ccccc3)n2)c2ccccc2N1c1nc(-c2ccccc2)nc(-c2ccccc2)n1. The molecule has 0 radical (unpaired) electrons. The second-order valence-corrected chi connectivity index (χ2v) is 14.4. The quantitative estimate of drug-likeness (QED) is 0.151. The molecular weight excluding hydrogens is 663 g/mol. The topological polar surface area (TPSA) is 101 Å². The van der Waals surface area contributed by atoms with Crippen molar-refractivity contribution in [3.63, 3.8) is 0 Å². The second kappa shape index (κ2) is 13.1. The number of fused-ring (bicyclic) bond motifs is 1. The van der Waals surface area contributed by atoms with Gasteiger partial charge >= 0.3 is 7.44 Å². The third-order valence-corrected chi connectivity index (χ3v) is 11.6. The Morgan fingerprint density at radius 2 is 0.596 bits per heavy atom. The van der Waals surface area contributed by atoms with E-state index >= 15 is 4.57 Å². The van der Waals surface area contributed by atoms with E-state index in [4.69, 9.17) is 29.9 Å². The first kappa shape index (κ1) is 31.2. The van der Waals surface area contributed by atoms with Crippen LogP contribution in [0.4, 0.5) is 23.3 Å². The van der Waals surface area contributed by atoms with Crippen molar-refractivity contribution in [1.82, 2.24) is 29.9 Å². The molecule has 0 amide bonds. The molecule has 1 aliphatic heterocycles. The molecule has 248 valence electrons. The summed E-state index contributed by atoms with van der Waals surface area (Å²) < 4.78 is 20.1. The molecular formula is C42H29N8OP. The van der Waals surface area contributed by atoms with Gasteiger partial charge in [-0.2, -0.15) is 19.9 Å². The number of aromatic nitrogens is 6.